The summed E-state index contributed by atoms with van der Waals surface area (Å²) in [6, 6.07) is 0.374. The molecule has 0 aromatic carbocycles. The Morgan fingerprint density at radius 3 is 2.75 bits per heavy atom. The first-order chi connectivity index (χ1) is 5.61. The Kier molecular flexibility index (Phi) is 5.37. The maximum Gasteiger partial charge on any atom is 0.243 e. The summed E-state index contributed by atoms with van der Waals surface area (Å²) in [7, 11) is 2.03. The maximum atomic E-state index is 10.8. The maximum absolute atomic E-state index is 10.8. The average Bonchev–Trinajstić information content (AvgIpc) is 2.11. The van der Waals surface area contributed by atoms with Crippen molar-refractivity contribution in [3.63, 3.8) is 0 Å². The largest absolute Gasteiger partial charge is 0.351 e. The minimum absolute atomic E-state index is 0.105. The minimum atomic E-state index is -0.105. The predicted molar refractivity (Wildman–Crippen MR) is 51.0 cm³/mol. The van der Waals surface area contributed by atoms with Crippen molar-refractivity contribution >= 4 is 5.91 Å². The Morgan fingerprint density at radius 1 is 1.75 bits per heavy atom. The van der Waals surface area contributed by atoms with Crippen molar-refractivity contribution in [1.82, 2.24) is 10.2 Å². The third-order valence-electron chi connectivity index (χ3n) is 2.01. The van der Waals surface area contributed by atoms with E-state index in [0.29, 0.717) is 12.6 Å². The van der Waals surface area contributed by atoms with Gasteiger partial charge in [-0.2, -0.15) is 0 Å². The number of nitrogens with one attached hydrogen (secondary N) is 1. The molecule has 0 rings (SSSR count). The summed E-state index contributed by atoms with van der Waals surface area (Å²) < 4.78 is 0. The van der Waals surface area contributed by atoms with E-state index in [0.717, 1.165) is 6.54 Å². The minimum Gasteiger partial charge on any atom is -0.351 e. The first kappa shape index (κ1) is 11.2. The topological polar surface area (TPSA) is 32.3 Å². The second-order valence-electron chi connectivity index (χ2n) is 2.87. The van der Waals surface area contributed by atoms with Crippen LogP contribution < -0.4 is 5.32 Å². The predicted octanol–water partition coefficient (Wildman–Crippen LogP) is 0.629. The molecule has 3 heteroatoms. The second kappa shape index (κ2) is 5.77. The van der Waals surface area contributed by atoms with Gasteiger partial charge in [-0.15, -0.1) is 0 Å². The average molecular weight is 170 g/mol. The highest BCUT2D eigenvalue weighted by molar-refractivity contribution is 5.86. The van der Waals surface area contributed by atoms with Crippen LogP contribution in [0.3, 0.4) is 0 Å². The van der Waals surface area contributed by atoms with Crippen molar-refractivity contribution in [3.05, 3.63) is 12.7 Å². The quantitative estimate of drug-likeness (QED) is 0.614. The van der Waals surface area contributed by atoms with Crippen LogP contribution in [0.25, 0.3) is 0 Å². The second-order valence-corrected chi connectivity index (χ2v) is 2.87. The van der Waals surface area contributed by atoms with Crippen LogP contribution in [0.1, 0.15) is 13.8 Å². The van der Waals surface area contributed by atoms with E-state index >= 15 is 0 Å². The van der Waals surface area contributed by atoms with E-state index in [-0.39, 0.29) is 5.91 Å². The SMILES string of the molecule is C=CC(=O)NCC(C)N(C)CC. The molecule has 0 radical (unpaired) electrons. The molecule has 0 aliphatic carbocycles. The van der Waals surface area contributed by atoms with Gasteiger partial charge in [0.25, 0.3) is 0 Å². The zero-order chi connectivity index (χ0) is 9.56. The molecule has 1 atom stereocenters. The van der Waals surface area contributed by atoms with Crippen molar-refractivity contribution in [2.75, 3.05) is 20.1 Å². The van der Waals surface area contributed by atoms with Crippen molar-refractivity contribution in [2.24, 2.45) is 0 Å². The fourth-order valence-electron chi connectivity index (χ4n) is 0.788. The molecule has 3 nitrogen and oxygen atoms in total. The lowest BCUT2D eigenvalue weighted by molar-refractivity contribution is -0.116. The summed E-state index contributed by atoms with van der Waals surface area (Å²) in [5.74, 6) is -0.105. The van der Waals surface area contributed by atoms with Crippen molar-refractivity contribution in [1.29, 1.82) is 0 Å². The van der Waals surface area contributed by atoms with Crippen LogP contribution in [-0.4, -0.2) is 37.0 Å². The monoisotopic (exact) mass is 170 g/mol. The molecule has 0 spiro atoms. The number of likely N-dealkylation sites (N-methyl/N-ethyl adjacent to an activating group) is 1. The van der Waals surface area contributed by atoms with Gasteiger partial charge < -0.3 is 10.2 Å². The molecule has 1 N–H and O–H groups in total. The number of hydrogen-bond acceptors (Lipinski definition) is 2. The number of rotatable bonds is 5. The van der Waals surface area contributed by atoms with Crippen LogP contribution in [0.2, 0.25) is 0 Å². The fraction of sp³-hybridized carbons (Fsp3) is 0.667. The Labute approximate surface area is 74.4 Å². The molecule has 0 aliphatic heterocycles. The van der Waals surface area contributed by atoms with E-state index in [1.807, 2.05) is 7.05 Å². The fourth-order valence-corrected chi connectivity index (χ4v) is 0.788. The molecule has 0 fully saturated rings. The molecule has 0 aromatic heterocycles. The number of carbonyl (C=O) groups excluding carboxylic acids is 1. The van der Waals surface area contributed by atoms with Crippen molar-refractivity contribution < 1.29 is 4.79 Å². The molecule has 0 saturated carbocycles. The number of amides is 1. The van der Waals surface area contributed by atoms with E-state index in [1.165, 1.54) is 6.08 Å². The van der Waals surface area contributed by atoms with Crippen LogP contribution in [0.15, 0.2) is 12.7 Å². The van der Waals surface area contributed by atoms with E-state index < -0.39 is 0 Å². The normalized spacial score (nSPS) is 12.7. The van der Waals surface area contributed by atoms with Crippen molar-refractivity contribution in [2.45, 2.75) is 19.9 Å². The standard InChI is InChI=1S/C9H18N2O/c1-5-9(12)10-7-8(3)11(4)6-2/h5,8H,1,6-7H2,2-4H3,(H,10,12). The van der Waals surface area contributed by atoms with E-state index in [2.05, 4.69) is 30.6 Å². The van der Waals surface area contributed by atoms with Gasteiger partial charge in [0.1, 0.15) is 0 Å². The summed E-state index contributed by atoms with van der Waals surface area (Å²) in [4.78, 5) is 12.9. The molecule has 12 heavy (non-hydrogen) atoms. The summed E-state index contributed by atoms with van der Waals surface area (Å²) >= 11 is 0. The van der Waals surface area contributed by atoms with E-state index in [4.69, 9.17) is 0 Å². The molecule has 70 valence electrons. The summed E-state index contributed by atoms with van der Waals surface area (Å²) in [5, 5.41) is 2.75. The van der Waals surface area contributed by atoms with Crippen LogP contribution in [0.4, 0.5) is 0 Å². The smallest absolute Gasteiger partial charge is 0.243 e. The highest BCUT2D eigenvalue weighted by Crippen LogP contribution is 1.91. The molecule has 1 unspecified atom stereocenters. The Bertz CT molecular complexity index is 157. The van der Waals surface area contributed by atoms with E-state index in [1.54, 1.807) is 0 Å². The van der Waals surface area contributed by atoms with Gasteiger partial charge in [0.2, 0.25) is 5.91 Å². The lowest BCUT2D eigenvalue weighted by Crippen LogP contribution is -2.39. The molecule has 0 aromatic rings. The lowest BCUT2D eigenvalue weighted by atomic mass is 10.3. The lowest BCUT2D eigenvalue weighted by Gasteiger charge is -2.22. The molecule has 0 saturated heterocycles. The molecule has 0 aliphatic rings. The van der Waals surface area contributed by atoms with Crippen LogP contribution >= 0.6 is 0 Å². The van der Waals surface area contributed by atoms with Gasteiger partial charge in [-0.1, -0.05) is 13.5 Å². The molecule has 1 amide bonds. The molecular formula is C9H18N2O. The van der Waals surface area contributed by atoms with Gasteiger partial charge in [0.05, 0.1) is 0 Å². The van der Waals surface area contributed by atoms with Crippen LogP contribution in [-0.2, 0) is 4.79 Å². The summed E-state index contributed by atoms with van der Waals surface area (Å²) in [6.07, 6.45) is 1.29. The van der Waals surface area contributed by atoms with Gasteiger partial charge in [-0.05, 0) is 26.6 Å². The first-order valence-corrected chi connectivity index (χ1v) is 4.22. The summed E-state index contributed by atoms with van der Waals surface area (Å²) in [5.41, 5.74) is 0. The Balaban J connectivity index is 3.62. The van der Waals surface area contributed by atoms with Gasteiger partial charge in [0.15, 0.2) is 0 Å². The molecule has 0 heterocycles. The van der Waals surface area contributed by atoms with Gasteiger partial charge in [0, 0.05) is 12.6 Å². The molecular weight excluding hydrogens is 152 g/mol. The van der Waals surface area contributed by atoms with Crippen LogP contribution in [0.5, 0.6) is 0 Å². The zero-order valence-electron chi connectivity index (χ0n) is 8.13. The number of carbonyl (C=O) groups is 1. The Morgan fingerprint density at radius 2 is 2.33 bits per heavy atom. The highest BCUT2D eigenvalue weighted by Gasteiger charge is 2.06. The number of nitrogens with zero attached hydrogens (tertiary/aromatic N) is 1. The van der Waals surface area contributed by atoms with Gasteiger partial charge >= 0.3 is 0 Å². The molecule has 0 bridgehead atoms. The third kappa shape index (κ3) is 4.13. The first-order valence-electron chi connectivity index (χ1n) is 4.22. The van der Waals surface area contributed by atoms with Gasteiger partial charge in [-0.25, -0.2) is 0 Å². The Hall–Kier alpha value is -0.830. The van der Waals surface area contributed by atoms with Gasteiger partial charge in [-0.3, -0.25) is 4.79 Å². The van der Waals surface area contributed by atoms with Crippen LogP contribution in [0, 0.1) is 0 Å². The number of hydrogen-bond donors (Lipinski definition) is 1. The highest BCUT2D eigenvalue weighted by atomic mass is 16.1. The summed E-state index contributed by atoms with van der Waals surface area (Å²) in [6.45, 7) is 9.21. The van der Waals surface area contributed by atoms with Crippen molar-refractivity contribution in [3.8, 4) is 0 Å². The van der Waals surface area contributed by atoms with E-state index in [9.17, 15) is 4.79 Å². The zero-order valence-corrected chi connectivity index (χ0v) is 8.13. The third-order valence-corrected chi connectivity index (χ3v) is 2.01.